The minimum atomic E-state index is -0.574. The molecule has 0 aromatic carbocycles. The summed E-state index contributed by atoms with van der Waals surface area (Å²) in [6.45, 7) is 7.74. The number of likely N-dealkylation sites (tertiary alicyclic amines) is 1. The molecule has 5 nitrogen and oxygen atoms in total. The van der Waals surface area contributed by atoms with E-state index in [-0.39, 0.29) is 5.91 Å². The van der Waals surface area contributed by atoms with Crippen molar-refractivity contribution in [2.24, 2.45) is 5.73 Å². The standard InChI is InChI=1S/C13H27N3O2/c1-4-15-13(2,12(14)17)7-5-8-16-9-6-11(10-16)18-3/h11,15H,4-10H2,1-3H3,(H2,14,17). The van der Waals surface area contributed by atoms with Gasteiger partial charge in [0, 0.05) is 20.2 Å². The van der Waals surface area contributed by atoms with Gasteiger partial charge in [-0.3, -0.25) is 4.79 Å². The number of hydrogen-bond donors (Lipinski definition) is 2. The highest BCUT2D eigenvalue weighted by atomic mass is 16.5. The summed E-state index contributed by atoms with van der Waals surface area (Å²) in [6, 6.07) is 0. The van der Waals surface area contributed by atoms with E-state index >= 15 is 0 Å². The molecule has 0 aromatic heterocycles. The van der Waals surface area contributed by atoms with E-state index in [2.05, 4.69) is 10.2 Å². The highest BCUT2D eigenvalue weighted by molar-refractivity contribution is 5.84. The molecule has 3 N–H and O–H groups in total. The van der Waals surface area contributed by atoms with E-state index in [0.29, 0.717) is 6.10 Å². The number of nitrogens with two attached hydrogens (primary N) is 1. The van der Waals surface area contributed by atoms with Crippen molar-refractivity contribution in [2.75, 3.05) is 33.3 Å². The third kappa shape index (κ3) is 4.23. The molecule has 0 aromatic rings. The summed E-state index contributed by atoms with van der Waals surface area (Å²) >= 11 is 0. The van der Waals surface area contributed by atoms with Gasteiger partial charge in [0.25, 0.3) is 0 Å². The van der Waals surface area contributed by atoms with Crippen LogP contribution in [0.3, 0.4) is 0 Å². The van der Waals surface area contributed by atoms with Gasteiger partial charge in [0.15, 0.2) is 0 Å². The molecule has 0 spiro atoms. The van der Waals surface area contributed by atoms with Gasteiger partial charge in [-0.15, -0.1) is 0 Å². The van der Waals surface area contributed by atoms with Crippen LogP contribution in [0.4, 0.5) is 0 Å². The van der Waals surface area contributed by atoms with Gasteiger partial charge in [-0.05, 0) is 39.3 Å². The molecule has 1 aliphatic heterocycles. The Kier molecular flexibility index (Phi) is 6.05. The lowest BCUT2D eigenvalue weighted by atomic mass is 9.95. The molecule has 1 rings (SSSR count). The summed E-state index contributed by atoms with van der Waals surface area (Å²) in [7, 11) is 1.77. The smallest absolute Gasteiger partial charge is 0.237 e. The maximum absolute atomic E-state index is 11.5. The number of hydrogen-bond acceptors (Lipinski definition) is 4. The summed E-state index contributed by atoms with van der Waals surface area (Å²) < 4.78 is 5.34. The van der Waals surface area contributed by atoms with Gasteiger partial charge in [0.1, 0.15) is 0 Å². The highest BCUT2D eigenvalue weighted by Gasteiger charge is 2.30. The maximum atomic E-state index is 11.5. The fourth-order valence-electron chi connectivity index (χ4n) is 2.54. The predicted molar refractivity (Wildman–Crippen MR) is 72.4 cm³/mol. The summed E-state index contributed by atoms with van der Waals surface area (Å²) in [5.41, 5.74) is 4.89. The van der Waals surface area contributed by atoms with Gasteiger partial charge in [-0.1, -0.05) is 6.92 Å². The monoisotopic (exact) mass is 257 g/mol. The van der Waals surface area contributed by atoms with E-state index in [4.69, 9.17) is 10.5 Å². The highest BCUT2D eigenvalue weighted by Crippen LogP contribution is 2.16. The molecular formula is C13H27N3O2. The average Bonchev–Trinajstić information content (AvgIpc) is 2.77. The maximum Gasteiger partial charge on any atom is 0.237 e. The predicted octanol–water partition coefficient (Wildman–Crippen LogP) is 0.341. The van der Waals surface area contributed by atoms with Gasteiger partial charge < -0.3 is 20.7 Å². The third-order valence-electron chi connectivity index (χ3n) is 3.82. The van der Waals surface area contributed by atoms with Crippen molar-refractivity contribution in [3.8, 4) is 0 Å². The zero-order chi connectivity index (χ0) is 13.6. The zero-order valence-corrected chi connectivity index (χ0v) is 11.9. The van der Waals surface area contributed by atoms with Crippen LogP contribution in [-0.2, 0) is 9.53 Å². The van der Waals surface area contributed by atoms with E-state index in [0.717, 1.165) is 45.4 Å². The number of ether oxygens (including phenoxy) is 1. The van der Waals surface area contributed by atoms with Crippen LogP contribution < -0.4 is 11.1 Å². The average molecular weight is 257 g/mol. The minimum Gasteiger partial charge on any atom is -0.380 e. The van der Waals surface area contributed by atoms with E-state index < -0.39 is 5.54 Å². The lowest BCUT2D eigenvalue weighted by molar-refractivity contribution is -0.124. The second kappa shape index (κ2) is 7.07. The zero-order valence-electron chi connectivity index (χ0n) is 11.9. The van der Waals surface area contributed by atoms with E-state index in [1.807, 2.05) is 13.8 Å². The van der Waals surface area contributed by atoms with Crippen molar-refractivity contribution in [3.63, 3.8) is 0 Å². The Morgan fingerprint density at radius 2 is 2.33 bits per heavy atom. The molecule has 0 aliphatic carbocycles. The van der Waals surface area contributed by atoms with Crippen LogP contribution in [-0.4, -0.2) is 55.7 Å². The normalized spacial score (nSPS) is 24.1. The van der Waals surface area contributed by atoms with Crippen LogP contribution in [0.1, 0.15) is 33.1 Å². The first-order chi connectivity index (χ1) is 8.51. The topological polar surface area (TPSA) is 67.6 Å². The number of amides is 1. The van der Waals surface area contributed by atoms with Crippen LogP contribution in [0.25, 0.3) is 0 Å². The van der Waals surface area contributed by atoms with Crippen LogP contribution in [0.15, 0.2) is 0 Å². The lowest BCUT2D eigenvalue weighted by Gasteiger charge is -2.28. The number of primary amides is 1. The number of rotatable bonds is 8. The van der Waals surface area contributed by atoms with Crippen LogP contribution >= 0.6 is 0 Å². The lowest BCUT2D eigenvalue weighted by Crippen LogP contribution is -2.53. The number of nitrogens with one attached hydrogen (secondary N) is 1. The second-order valence-electron chi connectivity index (χ2n) is 5.28. The molecule has 1 fully saturated rings. The van der Waals surface area contributed by atoms with Crippen molar-refractivity contribution < 1.29 is 9.53 Å². The molecule has 0 saturated carbocycles. The number of likely N-dealkylation sites (N-methyl/N-ethyl adjacent to an activating group) is 1. The molecule has 2 atom stereocenters. The minimum absolute atomic E-state index is 0.263. The van der Waals surface area contributed by atoms with Gasteiger partial charge in [0.05, 0.1) is 11.6 Å². The Balaban J connectivity index is 2.29. The van der Waals surface area contributed by atoms with Gasteiger partial charge in [-0.25, -0.2) is 0 Å². The molecule has 1 saturated heterocycles. The van der Waals surface area contributed by atoms with Crippen molar-refractivity contribution >= 4 is 5.91 Å². The molecule has 18 heavy (non-hydrogen) atoms. The van der Waals surface area contributed by atoms with Crippen molar-refractivity contribution in [1.82, 2.24) is 10.2 Å². The molecule has 0 bridgehead atoms. The molecule has 1 aliphatic rings. The SMILES string of the molecule is CCNC(C)(CCCN1CCC(OC)C1)C(N)=O. The van der Waals surface area contributed by atoms with Crippen LogP contribution in [0, 0.1) is 0 Å². The molecule has 1 amide bonds. The Morgan fingerprint density at radius 3 is 2.83 bits per heavy atom. The first-order valence-corrected chi connectivity index (χ1v) is 6.82. The molecule has 1 heterocycles. The number of methoxy groups -OCH3 is 1. The van der Waals surface area contributed by atoms with Gasteiger partial charge >= 0.3 is 0 Å². The van der Waals surface area contributed by atoms with E-state index in [1.165, 1.54) is 0 Å². The molecule has 106 valence electrons. The Hall–Kier alpha value is -0.650. The third-order valence-corrected chi connectivity index (χ3v) is 3.82. The Bertz CT molecular complexity index is 273. The number of carbonyl (C=O) groups is 1. The summed E-state index contributed by atoms with van der Waals surface area (Å²) in [5.74, 6) is -0.263. The van der Waals surface area contributed by atoms with E-state index in [9.17, 15) is 4.79 Å². The second-order valence-corrected chi connectivity index (χ2v) is 5.28. The van der Waals surface area contributed by atoms with Crippen LogP contribution in [0.5, 0.6) is 0 Å². The van der Waals surface area contributed by atoms with Gasteiger partial charge in [0.2, 0.25) is 5.91 Å². The van der Waals surface area contributed by atoms with Crippen molar-refractivity contribution in [2.45, 2.75) is 44.8 Å². The Morgan fingerprint density at radius 1 is 1.61 bits per heavy atom. The van der Waals surface area contributed by atoms with Gasteiger partial charge in [-0.2, -0.15) is 0 Å². The number of carbonyl (C=O) groups excluding carboxylic acids is 1. The quantitative estimate of drug-likeness (QED) is 0.658. The van der Waals surface area contributed by atoms with Crippen molar-refractivity contribution in [1.29, 1.82) is 0 Å². The molecule has 2 unspecified atom stereocenters. The number of nitrogens with zero attached hydrogens (tertiary/aromatic N) is 1. The summed E-state index contributed by atoms with van der Waals surface area (Å²) in [4.78, 5) is 13.9. The first kappa shape index (κ1) is 15.4. The first-order valence-electron chi connectivity index (χ1n) is 6.82. The van der Waals surface area contributed by atoms with Crippen LogP contribution in [0.2, 0.25) is 0 Å². The fourth-order valence-corrected chi connectivity index (χ4v) is 2.54. The van der Waals surface area contributed by atoms with E-state index in [1.54, 1.807) is 7.11 Å². The summed E-state index contributed by atoms with van der Waals surface area (Å²) in [6.07, 6.45) is 3.24. The largest absolute Gasteiger partial charge is 0.380 e. The van der Waals surface area contributed by atoms with Crippen molar-refractivity contribution in [3.05, 3.63) is 0 Å². The molecule has 0 radical (unpaired) electrons. The Labute approximate surface area is 110 Å². The molecular weight excluding hydrogens is 230 g/mol. The molecule has 5 heteroatoms. The fraction of sp³-hybridized carbons (Fsp3) is 0.923. The summed E-state index contributed by atoms with van der Waals surface area (Å²) in [5, 5.41) is 3.19.